The van der Waals surface area contributed by atoms with Gasteiger partial charge < -0.3 is 0 Å². The molecule has 2 nitrogen and oxygen atoms in total. The quantitative estimate of drug-likeness (QED) is 0.506. The van der Waals surface area contributed by atoms with Crippen molar-refractivity contribution in [3.63, 3.8) is 0 Å². The van der Waals surface area contributed by atoms with E-state index in [1.807, 2.05) is 37.6 Å². The van der Waals surface area contributed by atoms with Crippen LogP contribution in [0.3, 0.4) is 0 Å². The molecule has 0 aliphatic heterocycles. The summed E-state index contributed by atoms with van der Waals surface area (Å²) in [5, 5.41) is 0. The van der Waals surface area contributed by atoms with Gasteiger partial charge >= 0.3 is 0 Å². The summed E-state index contributed by atoms with van der Waals surface area (Å²) in [5.41, 5.74) is 2.20. The van der Waals surface area contributed by atoms with Gasteiger partial charge in [-0.05, 0) is 6.07 Å². The Balaban J connectivity index is 2.91. The van der Waals surface area contributed by atoms with Crippen LogP contribution in [0.25, 0.3) is 11.0 Å². The van der Waals surface area contributed by atoms with Gasteiger partial charge in [-0.2, -0.15) is 4.57 Å². The SMILES string of the molecule is C[n+]1ccnc2ccccc21. The lowest BCUT2D eigenvalue weighted by atomic mass is 10.3. The molecule has 2 aromatic rings. The molecule has 54 valence electrons. The van der Waals surface area contributed by atoms with Gasteiger partial charge in [0.05, 0.1) is 6.20 Å². The summed E-state index contributed by atoms with van der Waals surface area (Å²) in [6, 6.07) is 8.08. The Morgan fingerprint density at radius 3 is 2.91 bits per heavy atom. The molecule has 0 fully saturated rings. The molecule has 1 heterocycles. The summed E-state index contributed by atoms with van der Waals surface area (Å²) >= 11 is 0. The molecule has 0 bridgehead atoms. The molecule has 2 heteroatoms. The minimum absolute atomic E-state index is 1.04. The number of para-hydroxylation sites is 2. The Morgan fingerprint density at radius 1 is 1.27 bits per heavy atom. The largest absolute Gasteiger partial charge is 0.244 e. The maximum absolute atomic E-state index is 4.22. The molecule has 0 amide bonds. The van der Waals surface area contributed by atoms with E-state index < -0.39 is 0 Å². The molecule has 1 aromatic heterocycles. The molecule has 0 aliphatic rings. The number of aryl methyl sites for hydroxylation is 1. The standard InChI is InChI=1S/C9H9N2/c1-11-7-6-10-8-4-2-3-5-9(8)11/h2-7H,1H3/q+1. The van der Waals surface area contributed by atoms with Crippen molar-refractivity contribution in [1.82, 2.24) is 4.98 Å². The molecular weight excluding hydrogens is 136 g/mol. The lowest BCUT2D eigenvalue weighted by molar-refractivity contribution is -0.645. The van der Waals surface area contributed by atoms with Crippen molar-refractivity contribution in [3.8, 4) is 0 Å². The zero-order valence-electron chi connectivity index (χ0n) is 6.36. The molecule has 0 spiro atoms. The number of nitrogens with zero attached hydrogens (tertiary/aromatic N) is 2. The normalized spacial score (nSPS) is 10.3. The van der Waals surface area contributed by atoms with E-state index in [9.17, 15) is 0 Å². The predicted octanol–water partition coefficient (Wildman–Crippen LogP) is 1.06. The van der Waals surface area contributed by atoms with E-state index in [1.165, 1.54) is 0 Å². The highest BCUT2D eigenvalue weighted by molar-refractivity contribution is 5.69. The topological polar surface area (TPSA) is 16.8 Å². The van der Waals surface area contributed by atoms with Gasteiger partial charge in [0.15, 0.2) is 6.20 Å². The van der Waals surface area contributed by atoms with Gasteiger partial charge in [-0.15, -0.1) is 0 Å². The highest BCUT2D eigenvalue weighted by atomic mass is 14.9. The van der Waals surface area contributed by atoms with Crippen LogP contribution in [0.2, 0.25) is 0 Å². The molecular formula is C9H9N2+. The van der Waals surface area contributed by atoms with Crippen molar-refractivity contribution in [2.24, 2.45) is 7.05 Å². The van der Waals surface area contributed by atoms with Crippen molar-refractivity contribution in [2.75, 3.05) is 0 Å². The summed E-state index contributed by atoms with van der Waals surface area (Å²) in [4.78, 5) is 4.22. The van der Waals surface area contributed by atoms with Gasteiger partial charge in [-0.3, -0.25) is 0 Å². The van der Waals surface area contributed by atoms with Crippen molar-refractivity contribution in [2.45, 2.75) is 0 Å². The Labute approximate surface area is 65.1 Å². The molecule has 0 saturated carbocycles. The number of benzene rings is 1. The minimum atomic E-state index is 1.04. The van der Waals surface area contributed by atoms with Crippen LogP contribution in [0, 0.1) is 0 Å². The third kappa shape index (κ3) is 0.963. The first-order chi connectivity index (χ1) is 5.38. The van der Waals surface area contributed by atoms with Gasteiger partial charge in [0.25, 0.3) is 0 Å². The van der Waals surface area contributed by atoms with Gasteiger partial charge in [0, 0.05) is 6.07 Å². The summed E-state index contributed by atoms with van der Waals surface area (Å²) in [7, 11) is 2.02. The molecule has 0 radical (unpaired) electrons. The molecule has 1 aromatic carbocycles. The summed E-state index contributed by atoms with van der Waals surface area (Å²) in [5.74, 6) is 0. The van der Waals surface area contributed by atoms with E-state index in [-0.39, 0.29) is 0 Å². The van der Waals surface area contributed by atoms with Crippen LogP contribution in [0.4, 0.5) is 0 Å². The van der Waals surface area contributed by atoms with E-state index in [2.05, 4.69) is 15.6 Å². The summed E-state index contributed by atoms with van der Waals surface area (Å²) in [6.45, 7) is 0. The average molecular weight is 145 g/mol. The molecule has 0 N–H and O–H groups in total. The highest BCUT2D eigenvalue weighted by Crippen LogP contribution is 2.02. The van der Waals surface area contributed by atoms with Crippen LogP contribution >= 0.6 is 0 Å². The van der Waals surface area contributed by atoms with Gasteiger partial charge in [-0.25, -0.2) is 4.98 Å². The fraction of sp³-hybridized carbons (Fsp3) is 0.111. The lowest BCUT2D eigenvalue weighted by Crippen LogP contribution is -2.28. The van der Waals surface area contributed by atoms with Crippen LogP contribution in [0.1, 0.15) is 0 Å². The molecule has 11 heavy (non-hydrogen) atoms. The summed E-state index contributed by atoms with van der Waals surface area (Å²) < 4.78 is 2.06. The van der Waals surface area contributed by atoms with Crippen molar-refractivity contribution >= 4 is 11.0 Å². The first-order valence-corrected chi connectivity index (χ1v) is 3.57. The Bertz CT molecular complexity index is 377. The monoisotopic (exact) mass is 145 g/mol. The maximum Gasteiger partial charge on any atom is 0.230 e. The number of aromatic nitrogens is 2. The van der Waals surface area contributed by atoms with Crippen LogP contribution in [0.15, 0.2) is 36.7 Å². The number of hydrogen-bond acceptors (Lipinski definition) is 1. The second kappa shape index (κ2) is 2.31. The molecule has 0 saturated heterocycles. The number of fused-ring (bicyclic) bond motifs is 1. The van der Waals surface area contributed by atoms with Crippen LogP contribution in [-0.4, -0.2) is 4.98 Å². The van der Waals surface area contributed by atoms with E-state index in [0.717, 1.165) is 11.0 Å². The second-order valence-electron chi connectivity index (χ2n) is 2.53. The average Bonchev–Trinajstić information content (AvgIpc) is 2.06. The summed E-state index contributed by atoms with van der Waals surface area (Å²) in [6.07, 6.45) is 3.75. The third-order valence-electron chi connectivity index (χ3n) is 1.77. The van der Waals surface area contributed by atoms with Gasteiger partial charge in [0.2, 0.25) is 5.52 Å². The first kappa shape index (κ1) is 6.28. The van der Waals surface area contributed by atoms with Gasteiger partial charge in [0.1, 0.15) is 12.6 Å². The van der Waals surface area contributed by atoms with Crippen LogP contribution in [0.5, 0.6) is 0 Å². The predicted molar refractivity (Wildman–Crippen MR) is 42.9 cm³/mol. The minimum Gasteiger partial charge on any atom is -0.244 e. The van der Waals surface area contributed by atoms with Crippen molar-refractivity contribution in [1.29, 1.82) is 0 Å². The molecule has 2 rings (SSSR count). The zero-order chi connectivity index (χ0) is 7.68. The highest BCUT2D eigenvalue weighted by Gasteiger charge is 2.00. The van der Waals surface area contributed by atoms with E-state index >= 15 is 0 Å². The van der Waals surface area contributed by atoms with Crippen molar-refractivity contribution in [3.05, 3.63) is 36.7 Å². The fourth-order valence-corrected chi connectivity index (χ4v) is 1.17. The van der Waals surface area contributed by atoms with Crippen molar-refractivity contribution < 1.29 is 4.57 Å². The third-order valence-corrected chi connectivity index (χ3v) is 1.77. The van der Waals surface area contributed by atoms with Crippen LogP contribution in [-0.2, 0) is 7.05 Å². The Morgan fingerprint density at radius 2 is 2.09 bits per heavy atom. The van der Waals surface area contributed by atoms with E-state index in [4.69, 9.17) is 0 Å². The second-order valence-corrected chi connectivity index (χ2v) is 2.53. The lowest BCUT2D eigenvalue weighted by Gasteiger charge is -1.92. The zero-order valence-corrected chi connectivity index (χ0v) is 6.36. The van der Waals surface area contributed by atoms with Gasteiger partial charge in [-0.1, -0.05) is 12.1 Å². The number of hydrogen-bond donors (Lipinski definition) is 0. The van der Waals surface area contributed by atoms with Crippen LogP contribution < -0.4 is 4.57 Å². The fourth-order valence-electron chi connectivity index (χ4n) is 1.17. The molecule has 0 atom stereocenters. The van der Waals surface area contributed by atoms with E-state index in [0.29, 0.717) is 0 Å². The van der Waals surface area contributed by atoms with E-state index in [1.54, 1.807) is 0 Å². The number of rotatable bonds is 0. The molecule has 0 aliphatic carbocycles. The Kier molecular flexibility index (Phi) is 1.32. The molecule has 0 unspecified atom stereocenters. The Hall–Kier alpha value is -1.44. The maximum atomic E-state index is 4.22. The first-order valence-electron chi connectivity index (χ1n) is 3.57. The smallest absolute Gasteiger partial charge is 0.230 e.